The highest BCUT2D eigenvalue weighted by Gasteiger charge is 2.18. The van der Waals surface area contributed by atoms with Crippen LogP contribution in [0.5, 0.6) is 0 Å². The third-order valence-electron chi connectivity index (χ3n) is 3.88. The molecule has 7 heteroatoms. The fraction of sp³-hybridized carbons (Fsp3) is 0.375. The molecule has 0 saturated carbocycles. The Hall–Kier alpha value is -2.12. The summed E-state index contributed by atoms with van der Waals surface area (Å²) in [4.78, 5) is 24.3. The van der Waals surface area contributed by atoms with Crippen LogP contribution in [-0.2, 0) is 0 Å². The lowest BCUT2D eigenvalue weighted by molar-refractivity contribution is 0.0953. The monoisotopic (exact) mass is 333 g/mol. The summed E-state index contributed by atoms with van der Waals surface area (Å²) in [6.07, 6.45) is 3.57. The van der Waals surface area contributed by atoms with Crippen molar-refractivity contribution in [3.05, 3.63) is 41.2 Å². The Balaban J connectivity index is 1.54. The minimum Gasteiger partial charge on any atom is -0.459 e. The van der Waals surface area contributed by atoms with E-state index in [4.69, 9.17) is 4.42 Å². The first-order chi connectivity index (χ1) is 11.2. The molecule has 2 aromatic rings. The molecule has 0 spiro atoms. The van der Waals surface area contributed by atoms with Gasteiger partial charge in [0, 0.05) is 6.54 Å². The topological polar surface area (TPSA) is 83.4 Å². The van der Waals surface area contributed by atoms with Crippen molar-refractivity contribution in [3.8, 4) is 0 Å². The van der Waals surface area contributed by atoms with Gasteiger partial charge in [-0.05, 0) is 55.4 Å². The van der Waals surface area contributed by atoms with Gasteiger partial charge in [-0.25, -0.2) is 0 Å². The lowest BCUT2D eigenvalue weighted by atomic mass is 10.1. The van der Waals surface area contributed by atoms with Crippen LogP contribution < -0.4 is 16.0 Å². The Morgan fingerprint density at radius 3 is 3.00 bits per heavy atom. The van der Waals surface area contributed by atoms with Gasteiger partial charge in [0.25, 0.3) is 11.8 Å². The molecule has 1 aliphatic heterocycles. The van der Waals surface area contributed by atoms with Gasteiger partial charge in [-0.1, -0.05) is 0 Å². The zero-order valence-electron chi connectivity index (χ0n) is 12.6. The van der Waals surface area contributed by atoms with E-state index in [-0.39, 0.29) is 17.6 Å². The summed E-state index contributed by atoms with van der Waals surface area (Å²) < 4.78 is 5.05. The Morgan fingerprint density at radius 2 is 2.26 bits per heavy atom. The number of anilines is 1. The van der Waals surface area contributed by atoms with E-state index in [1.54, 1.807) is 23.6 Å². The van der Waals surface area contributed by atoms with Crippen LogP contribution in [0.25, 0.3) is 0 Å². The molecule has 1 aliphatic rings. The molecule has 0 aliphatic carbocycles. The van der Waals surface area contributed by atoms with Crippen LogP contribution in [0.2, 0.25) is 0 Å². The number of nitrogens with one attached hydrogen (secondary N) is 3. The largest absolute Gasteiger partial charge is 0.459 e. The smallest absolute Gasteiger partial charge is 0.291 e. The molecule has 3 heterocycles. The van der Waals surface area contributed by atoms with Crippen molar-refractivity contribution in [3.63, 3.8) is 0 Å². The fourth-order valence-corrected chi connectivity index (χ4v) is 3.38. The van der Waals surface area contributed by atoms with E-state index in [0.29, 0.717) is 23.0 Å². The second-order valence-corrected chi connectivity index (χ2v) is 6.41. The summed E-state index contributed by atoms with van der Waals surface area (Å²) in [7, 11) is 0. The molecule has 0 bridgehead atoms. The van der Waals surface area contributed by atoms with Crippen molar-refractivity contribution in [2.75, 3.05) is 25.0 Å². The van der Waals surface area contributed by atoms with Crippen molar-refractivity contribution in [1.82, 2.24) is 10.6 Å². The van der Waals surface area contributed by atoms with Crippen LogP contribution in [-0.4, -0.2) is 31.4 Å². The highest BCUT2D eigenvalue weighted by molar-refractivity contribution is 7.14. The van der Waals surface area contributed by atoms with E-state index in [1.807, 2.05) is 0 Å². The van der Waals surface area contributed by atoms with Crippen molar-refractivity contribution in [2.45, 2.75) is 12.8 Å². The number of furan rings is 1. The summed E-state index contributed by atoms with van der Waals surface area (Å²) in [6.45, 7) is 2.73. The highest BCUT2D eigenvalue weighted by Crippen LogP contribution is 2.24. The number of amides is 2. The fourth-order valence-electron chi connectivity index (χ4n) is 2.60. The molecule has 1 fully saturated rings. The summed E-state index contributed by atoms with van der Waals surface area (Å²) in [5.74, 6) is 0.338. The average Bonchev–Trinajstić information content (AvgIpc) is 3.29. The maximum atomic E-state index is 12.3. The maximum Gasteiger partial charge on any atom is 0.291 e. The van der Waals surface area contributed by atoms with Crippen molar-refractivity contribution in [2.24, 2.45) is 5.92 Å². The molecule has 3 N–H and O–H groups in total. The van der Waals surface area contributed by atoms with Gasteiger partial charge in [-0.15, -0.1) is 11.3 Å². The van der Waals surface area contributed by atoms with E-state index >= 15 is 0 Å². The molecule has 0 radical (unpaired) electrons. The SMILES string of the molecule is O=C(Nc1sccc1C(=O)NCCC1CCNC1)c1ccco1. The molecule has 1 unspecified atom stereocenters. The summed E-state index contributed by atoms with van der Waals surface area (Å²) in [5, 5.41) is 11.3. The number of hydrogen-bond acceptors (Lipinski definition) is 5. The molecule has 23 heavy (non-hydrogen) atoms. The van der Waals surface area contributed by atoms with Gasteiger partial charge in [0.15, 0.2) is 5.76 Å². The first kappa shape index (κ1) is 15.8. The minimum atomic E-state index is -0.358. The zero-order chi connectivity index (χ0) is 16.1. The van der Waals surface area contributed by atoms with E-state index in [0.717, 1.165) is 19.5 Å². The van der Waals surface area contributed by atoms with Crippen LogP contribution in [0.3, 0.4) is 0 Å². The van der Waals surface area contributed by atoms with Gasteiger partial charge >= 0.3 is 0 Å². The second-order valence-electron chi connectivity index (χ2n) is 5.50. The minimum absolute atomic E-state index is 0.160. The average molecular weight is 333 g/mol. The second kappa shape index (κ2) is 7.43. The van der Waals surface area contributed by atoms with Gasteiger partial charge in [-0.2, -0.15) is 0 Å². The molecule has 1 saturated heterocycles. The normalized spacial score (nSPS) is 17.1. The molecule has 2 aromatic heterocycles. The summed E-state index contributed by atoms with van der Waals surface area (Å²) in [6, 6.07) is 4.95. The van der Waals surface area contributed by atoms with Gasteiger partial charge in [0.1, 0.15) is 5.00 Å². The molecule has 6 nitrogen and oxygen atoms in total. The standard InChI is InChI=1S/C16H19N3O3S/c20-14(18-7-4-11-3-6-17-10-11)12-5-9-23-16(12)19-15(21)13-2-1-8-22-13/h1-2,5,8-9,11,17H,3-4,6-7,10H2,(H,18,20)(H,19,21). The number of rotatable bonds is 6. The van der Waals surface area contributed by atoms with Crippen LogP contribution in [0.4, 0.5) is 5.00 Å². The van der Waals surface area contributed by atoms with Crippen molar-refractivity contribution >= 4 is 28.2 Å². The van der Waals surface area contributed by atoms with Crippen LogP contribution in [0.15, 0.2) is 34.3 Å². The molecule has 1 atom stereocenters. The predicted octanol–water partition coefficient (Wildman–Crippen LogP) is 2.32. The van der Waals surface area contributed by atoms with E-state index in [2.05, 4.69) is 16.0 Å². The van der Waals surface area contributed by atoms with Gasteiger partial charge < -0.3 is 20.4 Å². The van der Waals surface area contributed by atoms with Crippen molar-refractivity contribution in [1.29, 1.82) is 0 Å². The number of thiophene rings is 1. The summed E-state index contributed by atoms with van der Waals surface area (Å²) in [5.41, 5.74) is 0.486. The predicted molar refractivity (Wildman–Crippen MR) is 88.9 cm³/mol. The first-order valence-corrected chi connectivity index (χ1v) is 8.53. The lowest BCUT2D eigenvalue weighted by Crippen LogP contribution is -2.27. The Kier molecular flexibility index (Phi) is 5.09. The number of hydrogen-bond donors (Lipinski definition) is 3. The van der Waals surface area contributed by atoms with Crippen LogP contribution in [0.1, 0.15) is 33.8 Å². The highest BCUT2D eigenvalue weighted by atomic mass is 32.1. The molecule has 2 amide bonds. The molecular formula is C16H19N3O3S. The quantitative estimate of drug-likeness (QED) is 0.757. The Bertz CT molecular complexity index is 660. The summed E-state index contributed by atoms with van der Waals surface area (Å²) >= 11 is 1.32. The van der Waals surface area contributed by atoms with Gasteiger partial charge in [-0.3, -0.25) is 9.59 Å². The van der Waals surface area contributed by atoms with Crippen LogP contribution >= 0.6 is 11.3 Å². The Morgan fingerprint density at radius 1 is 1.35 bits per heavy atom. The van der Waals surface area contributed by atoms with Gasteiger partial charge in [0.2, 0.25) is 0 Å². The van der Waals surface area contributed by atoms with Crippen LogP contribution in [0, 0.1) is 5.92 Å². The number of carbonyl (C=O) groups is 2. The Labute approximate surface area is 138 Å². The molecule has 3 rings (SSSR count). The lowest BCUT2D eigenvalue weighted by Gasteiger charge is -2.10. The van der Waals surface area contributed by atoms with Crippen molar-refractivity contribution < 1.29 is 14.0 Å². The third-order valence-corrected chi connectivity index (χ3v) is 4.71. The van der Waals surface area contributed by atoms with E-state index in [9.17, 15) is 9.59 Å². The number of carbonyl (C=O) groups excluding carboxylic acids is 2. The first-order valence-electron chi connectivity index (χ1n) is 7.65. The zero-order valence-corrected chi connectivity index (χ0v) is 13.4. The molecular weight excluding hydrogens is 314 g/mol. The van der Waals surface area contributed by atoms with Gasteiger partial charge in [0.05, 0.1) is 11.8 Å². The maximum absolute atomic E-state index is 12.3. The molecule has 0 aromatic carbocycles. The van der Waals surface area contributed by atoms with E-state index in [1.165, 1.54) is 24.0 Å². The third kappa shape index (κ3) is 4.00. The molecule has 122 valence electrons. The van der Waals surface area contributed by atoms with E-state index < -0.39 is 0 Å².